The van der Waals surface area contributed by atoms with Crippen molar-refractivity contribution in [2.24, 2.45) is 5.11 Å². The van der Waals surface area contributed by atoms with Crippen molar-refractivity contribution in [1.82, 2.24) is 25.3 Å². The number of hydrogen-bond acceptors (Lipinski definition) is 7. The normalized spacial score (nSPS) is 14.8. The van der Waals surface area contributed by atoms with Crippen LogP contribution in [0.15, 0.2) is 71.7 Å². The van der Waals surface area contributed by atoms with Gasteiger partial charge >= 0.3 is 0 Å². The van der Waals surface area contributed by atoms with Crippen molar-refractivity contribution in [3.8, 4) is 0 Å². The number of pyridine rings is 2. The van der Waals surface area contributed by atoms with Crippen molar-refractivity contribution in [2.45, 2.75) is 31.3 Å². The van der Waals surface area contributed by atoms with E-state index in [9.17, 15) is 5.11 Å². The van der Waals surface area contributed by atoms with Gasteiger partial charge < -0.3 is 15.4 Å². The van der Waals surface area contributed by atoms with Crippen molar-refractivity contribution < 1.29 is 5.11 Å². The Hall–Kier alpha value is -3.91. The van der Waals surface area contributed by atoms with Crippen molar-refractivity contribution in [3.05, 3.63) is 95.0 Å². The molecule has 166 valence electrons. The fourth-order valence-corrected chi connectivity index (χ4v) is 4.26. The summed E-state index contributed by atoms with van der Waals surface area (Å²) in [6, 6.07) is 14.8. The van der Waals surface area contributed by atoms with Gasteiger partial charge in [0.05, 0.1) is 33.8 Å². The Bertz CT molecular complexity index is 1300. The monoisotopic (exact) mass is 439 g/mol. The molecule has 1 saturated carbocycles. The first-order valence-electron chi connectivity index (χ1n) is 10.9. The highest BCUT2D eigenvalue weighted by Crippen LogP contribution is 2.43. The summed E-state index contributed by atoms with van der Waals surface area (Å²) in [5, 5.41) is 19.2. The van der Waals surface area contributed by atoms with Crippen LogP contribution in [0.5, 0.6) is 0 Å². The summed E-state index contributed by atoms with van der Waals surface area (Å²) in [7, 11) is 1.79. The molecule has 8 nitrogen and oxygen atoms in total. The molecule has 1 aliphatic rings. The first-order valence-corrected chi connectivity index (χ1v) is 10.9. The average molecular weight is 440 g/mol. The van der Waals surface area contributed by atoms with Gasteiger partial charge in [-0.05, 0) is 56.2 Å². The molecule has 0 atom stereocenters. The van der Waals surface area contributed by atoms with Gasteiger partial charge in [0.1, 0.15) is 5.82 Å². The number of aromatic nitrogens is 4. The van der Waals surface area contributed by atoms with Gasteiger partial charge in [0.15, 0.2) is 5.60 Å². The van der Waals surface area contributed by atoms with Crippen LogP contribution in [0.25, 0.3) is 16.7 Å². The molecule has 1 fully saturated rings. The van der Waals surface area contributed by atoms with E-state index in [2.05, 4.69) is 25.4 Å². The number of fused-ring (bicyclic) bond motifs is 1. The highest BCUT2D eigenvalue weighted by molar-refractivity contribution is 5.86. The maximum atomic E-state index is 12.4. The average Bonchev–Trinajstić information content (AvgIpc) is 3.63. The standard InChI is InChI=1S/C25H25N7O/c1-15(32-26)22(27-2)17-13-18(23-19(14-17)30-24(31-23)16-9-10-16)25(33,20-7-3-5-11-28-20)21-8-4-6-12-29-21/h3-8,11-14,16,26-27,33H,9-10H2,1-2H3,(H,30,31)/b22-15-,32-26?. The molecule has 0 unspecified atom stereocenters. The molecular weight excluding hydrogens is 414 g/mol. The first-order chi connectivity index (χ1) is 16.1. The number of H-pyrrole nitrogens is 1. The molecule has 4 aromatic rings. The number of nitrogens with zero attached hydrogens (tertiary/aromatic N) is 4. The Kier molecular flexibility index (Phi) is 5.22. The van der Waals surface area contributed by atoms with E-state index in [-0.39, 0.29) is 0 Å². The van der Waals surface area contributed by atoms with Crippen LogP contribution in [0.4, 0.5) is 0 Å². The summed E-state index contributed by atoms with van der Waals surface area (Å²) in [4.78, 5) is 17.4. The minimum Gasteiger partial charge on any atom is -0.386 e. The molecule has 0 amide bonds. The van der Waals surface area contributed by atoms with Crippen LogP contribution in [0, 0.1) is 5.53 Å². The van der Waals surface area contributed by atoms with Crippen LogP contribution in [0.3, 0.4) is 0 Å². The number of allylic oxidation sites excluding steroid dienone is 1. The molecular formula is C25H25N7O. The van der Waals surface area contributed by atoms with Crippen LogP contribution in [-0.4, -0.2) is 32.1 Å². The highest BCUT2D eigenvalue weighted by atomic mass is 16.3. The third-order valence-corrected chi connectivity index (χ3v) is 6.10. The summed E-state index contributed by atoms with van der Waals surface area (Å²) < 4.78 is 0. The van der Waals surface area contributed by atoms with Gasteiger partial charge in [0.2, 0.25) is 0 Å². The Labute approximate surface area is 191 Å². The first kappa shape index (κ1) is 21.0. The number of nitrogens with one attached hydrogen (secondary N) is 3. The second-order valence-electron chi connectivity index (χ2n) is 8.28. The van der Waals surface area contributed by atoms with E-state index in [0.717, 1.165) is 35.3 Å². The van der Waals surface area contributed by atoms with Crippen LogP contribution in [0.2, 0.25) is 0 Å². The molecule has 5 rings (SSSR count). The Morgan fingerprint density at radius 1 is 1.12 bits per heavy atom. The van der Waals surface area contributed by atoms with Crippen LogP contribution < -0.4 is 5.32 Å². The van der Waals surface area contributed by atoms with E-state index < -0.39 is 5.60 Å². The fraction of sp³-hybridized carbons (Fsp3) is 0.240. The maximum absolute atomic E-state index is 12.4. The number of rotatable bonds is 7. The fourth-order valence-electron chi connectivity index (χ4n) is 4.26. The largest absolute Gasteiger partial charge is 0.386 e. The zero-order valence-electron chi connectivity index (χ0n) is 18.5. The van der Waals surface area contributed by atoms with E-state index in [1.54, 1.807) is 38.5 Å². The second kappa shape index (κ2) is 8.22. The predicted molar refractivity (Wildman–Crippen MR) is 125 cm³/mol. The minimum absolute atomic E-state index is 0.413. The van der Waals surface area contributed by atoms with E-state index >= 15 is 0 Å². The van der Waals surface area contributed by atoms with Gasteiger partial charge in [-0.25, -0.2) is 10.5 Å². The summed E-state index contributed by atoms with van der Waals surface area (Å²) in [6.45, 7) is 1.77. The molecule has 8 heteroatoms. The number of imidazole rings is 1. The lowest BCUT2D eigenvalue weighted by Crippen LogP contribution is -2.31. The highest BCUT2D eigenvalue weighted by Gasteiger charge is 2.40. The molecule has 3 aromatic heterocycles. The number of aliphatic hydroxyl groups is 1. The number of hydrogen-bond donors (Lipinski definition) is 4. The molecule has 0 radical (unpaired) electrons. The molecule has 0 spiro atoms. The molecule has 4 N–H and O–H groups in total. The van der Waals surface area contributed by atoms with Gasteiger partial charge in [-0.2, -0.15) is 5.11 Å². The lowest BCUT2D eigenvalue weighted by Gasteiger charge is -2.29. The number of benzene rings is 1. The molecule has 1 aromatic carbocycles. The minimum atomic E-state index is -1.63. The smallest absolute Gasteiger partial charge is 0.176 e. The van der Waals surface area contributed by atoms with Crippen molar-refractivity contribution in [3.63, 3.8) is 0 Å². The third kappa shape index (κ3) is 3.58. The Balaban J connectivity index is 1.86. The Morgan fingerprint density at radius 2 is 1.79 bits per heavy atom. The maximum Gasteiger partial charge on any atom is 0.176 e. The number of aromatic amines is 1. The summed E-state index contributed by atoms with van der Waals surface area (Å²) in [6.07, 6.45) is 5.53. The van der Waals surface area contributed by atoms with Gasteiger partial charge in [-0.3, -0.25) is 9.97 Å². The third-order valence-electron chi connectivity index (χ3n) is 6.10. The van der Waals surface area contributed by atoms with Gasteiger partial charge in [0.25, 0.3) is 0 Å². The Morgan fingerprint density at radius 3 is 2.30 bits per heavy atom. The summed E-state index contributed by atoms with van der Waals surface area (Å²) >= 11 is 0. The second-order valence-corrected chi connectivity index (χ2v) is 8.28. The van der Waals surface area contributed by atoms with E-state index in [1.165, 1.54) is 0 Å². The van der Waals surface area contributed by atoms with Gasteiger partial charge in [-0.15, -0.1) is 0 Å². The van der Waals surface area contributed by atoms with E-state index in [4.69, 9.17) is 10.5 Å². The molecule has 3 heterocycles. The lowest BCUT2D eigenvalue weighted by molar-refractivity contribution is 0.117. The SMILES string of the molecule is CN/C(=C(/C)N=N)c1cc(C(O)(c2ccccn2)c2ccccn2)c2[nH]c(C3CC3)nc2c1. The summed E-state index contributed by atoms with van der Waals surface area (Å²) in [5.74, 6) is 1.33. The topological polar surface area (TPSA) is 123 Å². The van der Waals surface area contributed by atoms with Crippen molar-refractivity contribution in [2.75, 3.05) is 7.05 Å². The zero-order chi connectivity index (χ0) is 23.0. The van der Waals surface area contributed by atoms with Crippen LogP contribution in [0.1, 0.15) is 54.0 Å². The predicted octanol–water partition coefficient (Wildman–Crippen LogP) is 4.45. The summed E-state index contributed by atoms with van der Waals surface area (Å²) in [5.41, 5.74) is 10.9. The zero-order valence-corrected chi connectivity index (χ0v) is 18.5. The quantitative estimate of drug-likeness (QED) is 0.317. The van der Waals surface area contributed by atoms with E-state index in [1.807, 2.05) is 36.4 Å². The lowest BCUT2D eigenvalue weighted by atomic mass is 9.84. The van der Waals surface area contributed by atoms with Crippen LogP contribution >= 0.6 is 0 Å². The molecule has 0 saturated heterocycles. The van der Waals surface area contributed by atoms with E-state index in [0.29, 0.717) is 34.3 Å². The molecule has 0 bridgehead atoms. The van der Waals surface area contributed by atoms with Crippen molar-refractivity contribution >= 4 is 16.7 Å². The van der Waals surface area contributed by atoms with Gasteiger partial charge in [0, 0.05) is 36.5 Å². The van der Waals surface area contributed by atoms with Crippen molar-refractivity contribution in [1.29, 1.82) is 5.53 Å². The van der Waals surface area contributed by atoms with Crippen LogP contribution in [-0.2, 0) is 5.60 Å². The molecule has 33 heavy (non-hydrogen) atoms. The van der Waals surface area contributed by atoms with Gasteiger partial charge in [-0.1, -0.05) is 12.1 Å². The molecule has 1 aliphatic carbocycles. The molecule has 0 aliphatic heterocycles.